The molecule has 0 aliphatic heterocycles. The second kappa shape index (κ2) is 11.5. The lowest BCUT2D eigenvalue weighted by Gasteiger charge is -2.37. The first-order valence-corrected chi connectivity index (χ1v) is 7.88. The Morgan fingerprint density at radius 1 is 1.16 bits per heavy atom. The van der Waals surface area contributed by atoms with Crippen molar-refractivity contribution >= 4 is 8.69 Å². The van der Waals surface area contributed by atoms with Gasteiger partial charge in [0, 0.05) is 19.1 Å². The van der Waals surface area contributed by atoms with E-state index in [9.17, 15) is 4.57 Å². The number of hydrogen-bond donors (Lipinski definition) is 0. The van der Waals surface area contributed by atoms with Gasteiger partial charge in [-0.25, -0.2) is 0 Å². The van der Waals surface area contributed by atoms with Crippen molar-refractivity contribution in [2.45, 2.75) is 52.7 Å². The summed E-state index contributed by atoms with van der Waals surface area (Å²) in [5, 5.41) is 0. The van der Waals surface area contributed by atoms with Crippen LogP contribution in [-0.2, 0) is 18.6 Å². The molecule has 0 radical (unpaired) electrons. The van der Waals surface area contributed by atoms with E-state index in [1.165, 1.54) is 6.42 Å². The largest absolute Gasteiger partial charge is 0.494 e. The molecule has 4 nitrogen and oxygen atoms in total. The van der Waals surface area contributed by atoms with Crippen molar-refractivity contribution in [3.05, 3.63) is 12.2 Å². The zero-order chi connectivity index (χ0) is 14.6. The second-order valence-electron chi connectivity index (χ2n) is 4.38. The predicted octanol–water partition coefficient (Wildman–Crippen LogP) is 4.09. The van der Waals surface area contributed by atoms with Gasteiger partial charge in [-0.15, -0.1) is 4.52 Å². The van der Waals surface area contributed by atoms with Crippen molar-refractivity contribution in [2.75, 3.05) is 19.8 Å². The van der Waals surface area contributed by atoms with Crippen LogP contribution in [0.5, 0.6) is 0 Å². The van der Waals surface area contributed by atoms with E-state index in [1.54, 1.807) is 6.92 Å². The van der Waals surface area contributed by atoms with Crippen molar-refractivity contribution in [2.24, 2.45) is 5.92 Å². The quantitative estimate of drug-likeness (QED) is 0.402. The van der Waals surface area contributed by atoms with Crippen molar-refractivity contribution < 1.29 is 18.6 Å². The van der Waals surface area contributed by atoms with Gasteiger partial charge < -0.3 is 9.47 Å². The van der Waals surface area contributed by atoms with Gasteiger partial charge in [0.1, 0.15) is 0 Å². The molecule has 0 N–H and O–H groups in total. The Labute approximate surface area is 118 Å². The Hall–Kier alpha value is -0.280. The molecular weight excluding hydrogens is 263 g/mol. The third kappa shape index (κ3) is 7.78. The molecule has 0 bridgehead atoms. The maximum atomic E-state index is 9.34. The van der Waals surface area contributed by atoms with Crippen LogP contribution in [0.25, 0.3) is 0 Å². The van der Waals surface area contributed by atoms with Crippen molar-refractivity contribution in [3.63, 3.8) is 0 Å². The Morgan fingerprint density at radius 2 is 1.79 bits per heavy atom. The highest BCUT2D eigenvalue weighted by atomic mass is 31.1. The topological polar surface area (TPSA) is 44.8 Å². The molecule has 112 valence electrons. The smallest absolute Gasteiger partial charge is 0.350 e. The fourth-order valence-corrected chi connectivity index (χ4v) is 2.30. The molecule has 0 saturated heterocycles. The zero-order valence-corrected chi connectivity index (χ0v) is 13.6. The summed E-state index contributed by atoms with van der Waals surface area (Å²) in [4.78, 5) is 0. The van der Waals surface area contributed by atoms with Crippen molar-refractivity contribution in [1.82, 2.24) is 0 Å². The predicted molar refractivity (Wildman–Crippen MR) is 78.8 cm³/mol. The Morgan fingerprint density at radius 3 is 2.11 bits per heavy atom. The second-order valence-corrected chi connectivity index (χ2v) is 4.84. The van der Waals surface area contributed by atoms with E-state index in [0.29, 0.717) is 12.5 Å². The van der Waals surface area contributed by atoms with E-state index in [2.05, 4.69) is 23.6 Å². The van der Waals surface area contributed by atoms with Gasteiger partial charge in [-0.3, -0.25) is 0 Å². The van der Waals surface area contributed by atoms with Crippen LogP contribution in [-0.4, -0.2) is 25.6 Å². The number of ether oxygens (including phenoxy) is 2. The van der Waals surface area contributed by atoms with Gasteiger partial charge in [0.05, 0.1) is 6.61 Å². The first-order valence-electron chi connectivity index (χ1n) is 7.06. The van der Waals surface area contributed by atoms with Crippen LogP contribution in [0.3, 0.4) is 0 Å². The molecule has 1 aliphatic rings. The molecule has 0 heterocycles. The first-order chi connectivity index (χ1) is 9.14. The van der Waals surface area contributed by atoms with Crippen LogP contribution in [0.4, 0.5) is 0 Å². The van der Waals surface area contributed by atoms with Crippen LogP contribution in [0.15, 0.2) is 12.2 Å². The van der Waals surface area contributed by atoms with Crippen LogP contribution < -0.4 is 0 Å². The molecule has 1 rings (SSSR count). The molecule has 2 unspecified atom stereocenters. The molecule has 0 saturated carbocycles. The molecule has 0 fully saturated rings. The van der Waals surface area contributed by atoms with Crippen LogP contribution >= 0.6 is 8.69 Å². The summed E-state index contributed by atoms with van der Waals surface area (Å²) >= 11 is 0. The summed E-state index contributed by atoms with van der Waals surface area (Å²) in [5.41, 5.74) is 0. The fourth-order valence-electron chi connectivity index (χ4n) is 2.18. The lowest BCUT2D eigenvalue weighted by Crippen LogP contribution is -2.41. The van der Waals surface area contributed by atoms with Crippen LogP contribution in [0, 0.1) is 5.92 Å². The van der Waals surface area contributed by atoms with E-state index in [1.807, 2.05) is 13.8 Å². The molecule has 0 aromatic heterocycles. The molecular formula is C14H28O4P+. The van der Waals surface area contributed by atoms with Gasteiger partial charge in [-0.1, -0.05) is 12.2 Å². The van der Waals surface area contributed by atoms with E-state index in [-0.39, 0.29) is 5.79 Å². The van der Waals surface area contributed by atoms with Gasteiger partial charge in [0.15, 0.2) is 5.79 Å². The molecule has 19 heavy (non-hydrogen) atoms. The summed E-state index contributed by atoms with van der Waals surface area (Å²) in [7, 11) is -0.592. The summed E-state index contributed by atoms with van der Waals surface area (Å²) < 4.78 is 25.1. The van der Waals surface area contributed by atoms with E-state index >= 15 is 0 Å². The highest BCUT2D eigenvalue weighted by molar-refractivity contribution is 7.17. The molecule has 0 aromatic carbocycles. The highest BCUT2D eigenvalue weighted by Gasteiger charge is 2.35. The lowest BCUT2D eigenvalue weighted by molar-refractivity contribution is -0.252. The molecule has 2 atom stereocenters. The fraction of sp³-hybridized carbons (Fsp3) is 0.857. The van der Waals surface area contributed by atoms with E-state index in [0.717, 1.165) is 26.1 Å². The Kier molecular flexibility index (Phi) is 11.4. The monoisotopic (exact) mass is 291 g/mol. The van der Waals surface area contributed by atoms with Gasteiger partial charge in [-0.2, -0.15) is 0 Å². The third-order valence-corrected chi connectivity index (χ3v) is 3.48. The number of rotatable bonds is 7. The first kappa shape index (κ1) is 18.7. The summed E-state index contributed by atoms with van der Waals surface area (Å²) in [6.07, 6.45) is 7.89. The maximum Gasteiger partial charge on any atom is 0.494 e. The molecule has 0 amide bonds. The maximum absolute atomic E-state index is 9.34. The van der Waals surface area contributed by atoms with Crippen LogP contribution in [0.1, 0.15) is 47.0 Å². The van der Waals surface area contributed by atoms with Crippen molar-refractivity contribution in [3.8, 4) is 0 Å². The minimum absolute atomic E-state index is 0.381. The summed E-state index contributed by atoms with van der Waals surface area (Å²) in [6, 6.07) is 0. The Balaban J connectivity index is 0.000000555. The highest BCUT2D eigenvalue weighted by Crippen LogP contribution is 2.33. The van der Waals surface area contributed by atoms with Gasteiger partial charge in [0.2, 0.25) is 0 Å². The van der Waals surface area contributed by atoms with E-state index in [4.69, 9.17) is 9.47 Å². The average Bonchev–Trinajstić information content (AvgIpc) is 2.42. The summed E-state index contributed by atoms with van der Waals surface area (Å²) in [6.45, 7) is 9.90. The zero-order valence-electron chi connectivity index (χ0n) is 12.6. The van der Waals surface area contributed by atoms with Gasteiger partial charge in [0.25, 0.3) is 0 Å². The van der Waals surface area contributed by atoms with Crippen LogP contribution in [0.2, 0.25) is 0 Å². The minimum Gasteiger partial charge on any atom is -0.350 e. The third-order valence-electron chi connectivity index (χ3n) is 3.08. The molecule has 0 spiro atoms. The average molecular weight is 291 g/mol. The van der Waals surface area contributed by atoms with Crippen molar-refractivity contribution in [1.29, 1.82) is 0 Å². The molecule has 5 heteroatoms. The Bertz CT molecular complexity index is 250. The normalized spacial score (nSPS) is 19.1. The van der Waals surface area contributed by atoms with E-state index < -0.39 is 8.69 Å². The molecule has 1 aliphatic carbocycles. The SMILES string of the molecule is CCOC(C)(OCC)C1CC=CCC1.CCO[PH+]=O. The lowest BCUT2D eigenvalue weighted by atomic mass is 9.87. The summed E-state index contributed by atoms with van der Waals surface area (Å²) in [5.74, 6) is 0.126. The minimum atomic E-state index is -0.592. The van der Waals surface area contributed by atoms with Gasteiger partial charge >= 0.3 is 8.69 Å². The standard InChI is InChI=1S/C12H22O2.C2H6O2P/c1-4-13-12(3,14-5-2)11-9-7-6-8-10-11;1-2-4-5-3/h6-7,11H,4-5,8-10H2,1-3H3;5H,2H2,1H3/q;+1. The number of hydrogen-bond acceptors (Lipinski definition) is 4. The van der Waals surface area contributed by atoms with Gasteiger partial charge in [-0.05, 0) is 51.5 Å². The number of allylic oxidation sites excluding steroid dienone is 2. The molecule has 0 aromatic rings.